The van der Waals surface area contributed by atoms with Gasteiger partial charge in [-0.15, -0.1) is 6.42 Å². The molecule has 3 unspecified atom stereocenters. The fourth-order valence-corrected chi connectivity index (χ4v) is 5.09. The minimum atomic E-state index is -4.37. The van der Waals surface area contributed by atoms with Crippen molar-refractivity contribution in [1.29, 1.82) is 0 Å². The molecule has 0 spiro atoms. The third-order valence-electron chi connectivity index (χ3n) is 5.43. The highest BCUT2D eigenvalue weighted by Gasteiger charge is 2.58. The van der Waals surface area contributed by atoms with E-state index in [1.54, 1.807) is 32.0 Å². The minimum Gasteiger partial charge on any atom is -0.462 e. The molecule has 202 valence electrons. The summed E-state index contributed by atoms with van der Waals surface area (Å²) in [5.41, 5.74) is -2.09. The maximum Gasteiger partial charge on any atom is 0.459 e. The summed E-state index contributed by atoms with van der Waals surface area (Å²) >= 11 is 0. The molecule has 1 saturated heterocycles. The monoisotopic (exact) mass is 539 g/mol. The van der Waals surface area contributed by atoms with Crippen LogP contribution in [-0.2, 0) is 23.4 Å². The first-order valence-electron chi connectivity index (χ1n) is 11.4. The van der Waals surface area contributed by atoms with E-state index in [4.69, 9.17) is 24.9 Å². The lowest BCUT2D eigenvalue weighted by Gasteiger charge is -2.35. The van der Waals surface area contributed by atoms with E-state index in [0.29, 0.717) is 0 Å². The summed E-state index contributed by atoms with van der Waals surface area (Å²) in [7, 11) is -4.37. The number of ether oxygens (including phenoxy) is 2. The molecular formula is C24H31FN3O8P. The number of aliphatic hydroxyl groups is 2. The van der Waals surface area contributed by atoms with Crippen LogP contribution in [0.3, 0.4) is 0 Å². The maximum atomic E-state index is 15.2. The molecule has 0 amide bonds. The quantitative estimate of drug-likeness (QED) is 0.197. The summed E-state index contributed by atoms with van der Waals surface area (Å²) in [4.78, 5) is 13.5. The molecule has 0 aliphatic carbocycles. The number of hydrogen-bond acceptors (Lipinski definition) is 10. The number of alkyl halides is 1. The minimum absolute atomic E-state index is 0.0980. The second-order valence-corrected chi connectivity index (χ2v) is 10.4. The number of hydrogen-bond donors (Lipinski definition) is 4. The zero-order valence-electron chi connectivity index (χ0n) is 20.6. The Morgan fingerprint density at radius 1 is 1.38 bits per heavy atom. The number of terminal acetylenes is 1. The van der Waals surface area contributed by atoms with Crippen LogP contribution in [0.2, 0.25) is 0 Å². The molecule has 7 atom stereocenters. The Morgan fingerprint density at radius 3 is 2.65 bits per heavy atom. The van der Waals surface area contributed by atoms with Gasteiger partial charge in [0.05, 0.1) is 6.10 Å². The van der Waals surface area contributed by atoms with Crippen LogP contribution >= 0.6 is 7.75 Å². The molecule has 37 heavy (non-hydrogen) atoms. The zero-order chi connectivity index (χ0) is 27.4. The number of carbonyl (C=O) groups excluding carboxylic acids is 1. The molecule has 2 aliphatic heterocycles. The van der Waals surface area contributed by atoms with E-state index in [2.05, 4.69) is 22.9 Å². The Hall–Kier alpha value is -2.91. The van der Waals surface area contributed by atoms with Crippen molar-refractivity contribution in [2.75, 3.05) is 6.61 Å². The lowest BCUT2D eigenvalue weighted by molar-refractivity contribution is -0.149. The van der Waals surface area contributed by atoms with Crippen LogP contribution in [0.5, 0.6) is 5.75 Å². The molecular weight excluding hydrogens is 508 g/mol. The van der Waals surface area contributed by atoms with E-state index in [1.165, 1.54) is 36.2 Å². The molecule has 1 aromatic rings. The Kier molecular flexibility index (Phi) is 9.02. The van der Waals surface area contributed by atoms with E-state index in [9.17, 15) is 19.6 Å². The van der Waals surface area contributed by atoms with Gasteiger partial charge in [-0.2, -0.15) is 5.09 Å². The van der Waals surface area contributed by atoms with Crippen molar-refractivity contribution in [3.05, 3.63) is 55.0 Å². The maximum absolute atomic E-state index is 15.2. The molecule has 1 fully saturated rings. The van der Waals surface area contributed by atoms with Crippen LogP contribution in [0.15, 0.2) is 55.0 Å². The summed E-state index contributed by atoms with van der Waals surface area (Å²) in [6, 6.07) is 6.86. The van der Waals surface area contributed by atoms with Crippen molar-refractivity contribution in [3.63, 3.8) is 0 Å². The van der Waals surface area contributed by atoms with Gasteiger partial charge < -0.3 is 34.4 Å². The molecule has 3 rings (SSSR count). The summed E-state index contributed by atoms with van der Waals surface area (Å²) in [5, 5.41) is 25.4. The van der Waals surface area contributed by atoms with Crippen molar-refractivity contribution in [3.8, 4) is 18.1 Å². The highest BCUT2D eigenvalue weighted by molar-refractivity contribution is 7.52. The number of nitrogens with one attached hydrogen (secondary N) is 2. The van der Waals surface area contributed by atoms with Crippen molar-refractivity contribution in [2.45, 2.75) is 63.2 Å². The van der Waals surface area contributed by atoms with Crippen molar-refractivity contribution in [2.24, 2.45) is 0 Å². The van der Waals surface area contributed by atoms with Gasteiger partial charge in [0.1, 0.15) is 36.6 Å². The van der Waals surface area contributed by atoms with Crippen LogP contribution in [-0.4, -0.2) is 70.2 Å². The fraction of sp³-hybridized carbons (Fsp3) is 0.458. The third-order valence-corrected chi connectivity index (χ3v) is 7.06. The van der Waals surface area contributed by atoms with E-state index in [-0.39, 0.29) is 11.6 Å². The molecule has 2 aliphatic rings. The van der Waals surface area contributed by atoms with Crippen molar-refractivity contribution in [1.82, 2.24) is 15.3 Å². The Labute approximate surface area is 214 Å². The van der Waals surface area contributed by atoms with Crippen LogP contribution in [0.25, 0.3) is 0 Å². The van der Waals surface area contributed by atoms with Gasteiger partial charge in [-0.1, -0.05) is 30.7 Å². The average Bonchev–Trinajstić information content (AvgIpc) is 3.08. The number of carbonyl (C=O) groups is 1. The van der Waals surface area contributed by atoms with Gasteiger partial charge >= 0.3 is 13.7 Å². The van der Waals surface area contributed by atoms with E-state index in [1.807, 2.05) is 0 Å². The largest absolute Gasteiger partial charge is 0.462 e. The molecule has 11 nitrogen and oxygen atoms in total. The van der Waals surface area contributed by atoms with Gasteiger partial charge in [-0.05, 0) is 39.0 Å². The summed E-state index contributed by atoms with van der Waals surface area (Å²) in [5.74, 6) is 1.73. The number of aliphatic hydroxyl groups excluding tert-OH is 2. The van der Waals surface area contributed by atoms with Crippen LogP contribution in [0.1, 0.15) is 20.8 Å². The number of nitrogens with zero attached hydrogens (tertiary/aromatic N) is 1. The first kappa shape index (κ1) is 28.7. The first-order chi connectivity index (χ1) is 17.4. The second kappa shape index (κ2) is 11.6. The van der Waals surface area contributed by atoms with Gasteiger partial charge in [0, 0.05) is 6.20 Å². The number of rotatable bonds is 10. The SMILES string of the molecule is C#C[C@]1(COP(=O)(NC(C)C(=O)OC(C)C)Oc2ccccc2)O[C@@H](N2C=CC(O)NC2=C)[C@H](F)[C@@H]1O. The molecule has 0 bridgehead atoms. The second-order valence-electron chi connectivity index (χ2n) is 8.73. The molecule has 4 N–H and O–H groups in total. The highest BCUT2D eigenvalue weighted by Crippen LogP contribution is 2.47. The molecule has 13 heteroatoms. The summed E-state index contributed by atoms with van der Waals surface area (Å²) < 4.78 is 50.9. The third kappa shape index (κ3) is 6.70. The number of esters is 1. The highest BCUT2D eigenvalue weighted by atomic mass is 31.2. The zero-order valence-corrected chi connectivity index (χ0v) is 21.5. The van der Waals surface area contributed by atoms with Gasteiger partial charge in [0.15, 0.2) is 18.0 Å². The molecule has 0 aromatic heterocycles. The van der Waals surface area contributed by atoms with Crippen molar-refractivity contribution < 1.29 is 42.5 Å². The van der Waals surface area contributed by atoms with Crippen molar-refractivity contribution >= 4 is 13.7 Å². The summed E-state index contributed by atoms with van der Waals surface area (Å²) in [6.07, 6.45) is 1.43. The Morgan fingerprint density at radius 2 is 2.05 bits per heavy atom. The van der Waals surface area contributed by atoms with E-state index in [0.717, 1.165) is 0 Å². The number of halogens is 1. The van der Waals surface area contributed by atoms with Gasteiger partial charge in [-0.3, -0.25) is 9.32 Å². The first-order valence-corrected chi connectivity index (χ1v) is 13.0. The number of para-hydroxylation sites is 1. The summed E-state index contributed by atoms with van der Waals surface area (Å²) in [6.45, 7) is 7.64. The molecule has 0 saturated carbocycles. The Bertz CT molecular complexity index is 1100. The molecule has 2 heterocycles. The topological polar surface area (TPSA) is 139 Å². The normalized spacial score (nSPS) is 29.8. The molecule has 0 radical (unpaired) electrons. The Balaban J connectivity index is 1.82. The molecule has 1 aromatic carbocycles. The van der Waals surface area contributed by atoms with Crippen LogP contribution < -0.4 is 14.9 Å². The van der Waals surface area contributed by atoms with Gasteiger partial charge in [0.2, 0.25) is 0 Å². The van der Waals surface area contributed by atoms with Gasteiger partial charge in [0.25, 0.3) is 0 Å². The predicted molar refractivity (Wildman–Crippen MR) is 131 cm³/mol. The predicted octanol–water partition coefficient (Wildman–Crippen LogP) is 1.76. The lowest BCUT2D eigenvalue weighted by atomic mass is 9.98. The van der Waals surface area contributed by atoms with E-state index < -0.39 is 62.8 Å². The standard InChI is InChI=1S/C24H31FN3O8P/c1-6-24(21(30)20(25)22(35-24)28-13-12-19(29)26-17(28)5)14-33-37(32,36-18-10-8-7-9-11-18)27-16(4)23(31)34-15(2)3/h1,7-13,15-16,19-22,26,29-30H,5,14H2,2-4H3,(H,27,32)/t16?,19?,20-,21+,22-,24-,37?/m1/s1. The van der Waals surface area contributed by atoms with E-state index >= 15 is 4.39 Å². The van der Waals surface area contributed by atoms with Gasteiger partial charge in [-0.25, -0.2) is 8.96 Å². The van der Waals surface area contributed by atoms with Crippen LogP contribution in [0, 0.1) is 12.3 Å². The lowest BCUT2D eigenvalue weighted by Crippen LogP contribution is -2.46. The smallest absolute Gasteiger partial charge is 0.459 e. The number of benzene rings is 1. The fourth-order valence-electron chi connectivity index (χ4n) is 3.57. The average molecular weight is 539 g/mol. The van der Waals surface area contributed by atoms with Crippen LogP contribution in [0.4, 0.5) is 4.39 Å².